The van der Waals surface area contributed by atoms with Crippen LogP contribution in [0.25, 0.3) is 0 Å². The Hall–Kier alpha value is -1.75. The van der Waals surface area contributed by atoms with E-state index in [1.165, 1.54) is 6.07 Å². The van der Waals surface area contributed by atoms with Gasteiger partial charge in [0.2, 0.25) is 0 Å². The second-order valence-electron chi connectivity index (χ2n) is 5.94. The number of aromatic nitrogens is 2. The first kappa shape index (κ1) is 15.2. The van der Waals surface area contributed by atoms with E-state index >= 15 is 0 Å². The highest BCUT2D eigenvalue weighted by Crippen LogP contribution is 2.40. The molecule has 1 aromatic heterocycles. The van der Waals surface area contributed by atoms with Gasteiger partial charge in [0.25, 0.3) is 0 Å². The Bertz CT molecular complexity index is 645. The maximum Gasteiger partial charge on any atom is 0.131 e. The van der Waals surface area contributed by atoms with Crippen molar-refractivity contribution in [1.29, 1.82) is 0 Å². The van der Waals surface area contributed by atoms with Crippen LogP contribution >= 0.6 is 0 Å². The molecule has 1 aliphatic rings. The third-order valence-corrected chi connectivity index (χ3v) is 4.65. The van der Waals surface area contributed by atoms with Gasteiger partial charge in [0.1, 0.15) is 11.6 Å². The molecule has 0 unspecified atom stereocenters. The third kappa shape index (κ3) is 2.77. The molecule has 1 fully saturated rings. The molecule has 2 aromatic rings. The summed E-state index contributed by atoms with van der Waals surface area (Å²) in [6.07, 6.45) is 7.48. The minimum atomic E-state index is -0.529. The number of benzene rings is 1. The quantitative estimate of drug-likeness (QED) is 0.912. The van der Waals surface area contributed by atoms with E-state index in [-0.39, 0.29) is 0 Å². The zero-order valence-electron chi connectivity index (χ0n) is 12.8. The van der Waals surface area contributed by atoms with Crippen molar-refractivity contribution in [2.45, 2.75) is 51.2 Å². The summed E-state index contributed by atoms with van der Waals surface area (Å²) in [6.45, 7) is 3.55. The molecule has 0 spiro atoms. The fourth-order valence-electron chi connectivity index (χ4n) is 3.44. The zero-order valence-corrected chi connectivity index (χ0v) is 12.8. The van der Waals surface area contributed by atoms with Crippen LogP contribution in [0.15, 0.2) is 30.7 Å². The van der Waals surface area contributed by atoms with Gasteiger partial charge in [0.05, 0.1) is 12.0 Å². The SMILES string of the molecule is CCn1cncc1CNC1(c2ccc(F)cc2F)CCCC1. The molecule has 118 valence electrons. The normalized spacial score (nSPS) is 17.0. The van der Waals surface area contributed by atoms with Gasteiger partial charge >= 0.3 is 0 Å². The Kier molecular flexibility index (Phi) is 4.25. The van der Waals surface area contributed by atoms with E-state index in [1.54, 1.807) is 12.4 Å². The summed E-state index contributed by atoms with van der Waals surface area (Å²) < 4.78 is 29.5. The van der Waals surface area contributed by atoms with Crippen molar-refractivity contribution in [3.05, 3.63) is 53.6 Å². The standard InChI is InChI=1S/C17H21F2N3/c1-2-22-12-20-10-14(22)11-21-17(7-3-4-8-17)15-6-5-13(18)9-16(15)19/h5-6,9-10,12,21H,2-4,7-8,11H2,1H3. The lowest BCUT2D eigenvalue weighted by Crippen LogP contribution is -2.40. The molecule has 1 aliphatic carbocycles. The van der Waals surface area contributed by atoms with E-state index in [2.05, 4.69) is 21.8 Å². The van der Waals surface area contributed by atoms with Gasteiger partial charge in [0, 0.05) is 36.5 Å². The van der Waals surface area contributed by atoms with E-state index in [0.29, 0.717) is 12.1 Å². The first-order valence-electron chi connectivity index (χ1n) is 7.84. The van der Waals surface area contributed by atoms with Gasteiger partial charge in [-0.15, -0.1) is 0 Å². The summed E-state index contributed by atoms with van der Waals surface area (Å²) >= 11 is 0. The summed E-state index contributed by atoms with van der Waals surface area (Å²) in [5.41, 5.74) is 1.26. The van der Waals surface area contributed by atoms with Crippen LogP contribution in [0.1, 0.15) is 43.9 Å². The molecule has 3 nitrogen and oxygen atoms in total. The topological polar surface area (TPSA) is 29.9 Å². The Morgan fingerprint density at radius 3 is 2.73 bits per heavy atom. The van der Waals surface area contributed by atoms with E-state index < -0.39 is 17.2 Å². The van der Waals surface area contributed by atoms with Crippen LogP contribution in [0.4, 0.5) is 8.78 Å². The second-order valence-corrected chi connectivity index (χ2v) is 5.94. The average molecular weight is 305 g/mol. The van der Waals surface area contributed by atoms with Gasteiger partial charge in [-0.1, -0.05) is 18.9 Å². The number of nitrogens with zero attached hydrogens (tertiary/aromatic N) is 2. The van der Waals surface area contributed by atoms with Gasteiger partial charge in [0.15, 0.2) is 0 Å². The molecular formula is C17H21F2N3. The first-order chi connectivity index (χ1) is 10.6. The van der Waals surface area contributed by atoms with Crippen molar-refractivity contribution in [1.82, 2.24) is 14.9 Å². The molecular weight excluding hydrogens is 284 g/mol. The van der Waals surface area contributed by atoms with E-state index in [1.807, 2.05) is 6.20 Å². The summed E-state index contributed by atoms with van der Waals surface area (Å²) in [5, 5.41) is 3.53. The van der Waals surface area contributed by atoms with Crippen molar-refractivity contribution in [2.24, 2.45) is 0 Å². The molecule has 22 heavy (non-hydrogen) atoms. The van der Waals surface area contributed by atoms with Gasteiger partial charge in [-0.3, -0.25) is 0 Å². The van der Waals surface area contributed by atoms with Gasteiger partial charge in [-0.05, 0) is 25.8 Å². The van der Waals surface area contributed by atoms with Crippen LogP contribution < -0.4 is 5.32 Å². The molecule has 0 radical (unpaired) electrons. The number of rotatable bonds is 5. The second kappa shape index (κ2) is 6.16. The largest absolute Gasteiger partial charge is 0.334 e. The van der Waals surface area contributed by atoms with Crippen molar-refractivity contribution in [2.75, 3.05) is 0 Å². The maximum absolute atomic E-state index is 14.3. The lowest BCUT2D eigenvalue weighted by Gasteiger charge is -2.31. The Morgan fingerprint density at radius 1 is 1.27 bits per heavy atom. The van der Waals surface area contributed by atoms with Gasteiger partial charge < -0.3 is 9.88 Å². The number of hydrogen-bond acceptors (Lipinski definition) is 2. The van der Waals surface area contributed by atoms with Crippen molar-refractivity contribution >= 4 is 0 Å². The molecule has 1 N–H and O–H groups in total. The molecule has 1 aromatic carbocycles. The predicted molar refractivity (Wildman–Crippen MR) is 81.2 cm³/mol. The minimum absolute atomic E-state index is 0.402. The highest BCUT2D eigenvalue weighted by atomic mass is 19.1. The third-order valence-electron chi connectivity index (χ3n) is 4.65. The monoisotopic (exact) mass is 305 g/mol. The highest BCUT2D eigenvalue weighted by Gasteiger charge is 2.37. The summed E-state index contributed by atoms with van der Waals surface area (Å²) in [5.74, 6) is -0.989. The highest BCUT2D eigenvalue weighted by molar-refractivity contribution is 5.28. The molecule has 0 saturated heterocycles. The van der Waals surface area contributed by atoms with Crippen LogP contribution in [0.3, 0.4) is 0 Å². The van der Waals surface area contributed by atoms with Crippen LogP contribution in [0, 0.1) is 11.6 Å². The van der Waals surface area contributed by atoms with E-state index in [4.69, 9.17) is 0 Å². The lowest BCUT2D eigenvalue weighted by molar-refractivity contribution is 0.321. The first-order valence-corrected chi connectivity index (χ1v) is 7.84. The Balaban J connectivity index is 1.85. The molecule has 0 amide bonds. The van der Waals surface area contributed by atoms with Crippen molar-refractivity contribution in [3.8, 4) is 0 Å². The van der Waals surface area contributed by atoms with Crippen LogP contribution in [0.5, 0.6) is 0 Å². The van der Waals surface area contributed by atoms with E-state index in [9.17, 15) is 8.78 Å². The molecule has 1 saturated carbocycles. The number of halogens is 2. The van der Waals surface area contributed by atoms with Crippen LogP contribution in [-0.4, -0.2) is 9.55 Å². The molecule has 3 rings (SSSR count). The molecule has 5 heteroatoms. The summed E-state index contributed by atoms with van der Waals surface area (Å²) in [4.78, 5) is 4.16. The lowest BCUT2D eigenvalue weighted by atomic mass is 9.87. The zero-order chi connectivity index (χ0) is 15.6. The van der Waals surface area contributed by atoms with Gasteiger partial charge in [-0.25, -0.2) is 13.8 Å². The summed E-state index contributed by atoms with van der Waals surface area (Å²) in [7, 11) is 0. The molecule has 0 aliphatic heterocycles. The van der Waals surface area contributed by atoms with Crippen LogP contribution in [0.2, 0.25) is 0 Å². The number of aryl methyl sites for hydroxylation is 1. The Labute approximate surface area is 129 Å². The maximum atomic E-state index is 14.3. The fraction of sp³-hybridized carbons (Fsp3) is 0.471. The van der Waals surface area contributed by atoms with Crippen molar-refractivity contribution in [3.63, 3.8) is 0 Å². The molecule has 1 heterocycles. The minimum Gasteiger partial charge on any atom is -0.334 e. The Morgan fingerprint density at radius 2 is 2.05 bits per heavy atom. The average Bonchev–Trinajstić information content (AvgIpc) is 3.14. The number of hydrogen-bond donors (Lipinski definition) is 1. The fourth-order valence-corrected chi connectivity index (χ4v) is 3.44. The number of imidazole rings is 1. The van der Waals surface area contributed by atoms with Gasteiger partial charge in [-0.2, -0.15) is 0 Å². The van der Waals surface area contributed by atoms with E-state index in [0.717, 1.165) is 44.0 Å². The molecule has 0 bridgehead atoms. The predicted octanol–water partition coefficient (Wildman–Crippen LogP) is 3.74. The summed E-state index contributed by atoms with van der Waals surface area (Å²) in [6, 6.07) is 3.91. The van der Waals surface area contributed by atoms with Crippen molar-refractivity contribution < 1.29 is 8.78 Å². The van der Waals surface area contributed by atoms with Crippen LogP contribution in [-0.2, 0) is 18.6 Å². The smallest absolute Gasteiger partial charge is 0.131 e. The number of nitrogens with one attached hydrogen (secondary N) is 1. The molecule has 0 atom stereocenters.